The van der Waals surface area contributed by atoms with Gasteiger partial charge in [-0.25, -0.2) is 4.39 Å². The number of carbonyl (C=O) groups excluding carboxylic acids is 1. The molecule has 0 aliphatic heterocycles. The molecular weight excluding hydrogens is 271 g/mol. The van der Waals surface area contributed by atoms with Crippen molar-refractivity contribution >= 4 is 5.91 Å². The van der Waals surface area contributed by atoms with Crippen LogP contribution in [0.15, 0.2) is 42.7 Å². The lowest BCUT2D eigenvalue weighted by Gasteiger charge is -2.13. The highest BCUT2D eigenvalue weighted by molar-refractivity contribution is 5.95. The Balaban J connectivity index is 1.99. The van der Waals surface area contributed by atoms with Crippen LogP contribution in [0.3, 0.4) is 0 Å². The summed E-state index contributed by atoms with van der Waals surface area (Å²) >= 11 is 0. The lowest BCUT2D eigenvalue weighted by atomic mass is 10.1. The number of hydrogen-bond donors (Lipinski definition) is 2. The standard InChI is InChI=1S/C16H17FN2O2/c1-2-11-9-18-8-7-14(11)16(21)19-10-15(20)12-3-5-13(17)6-4-12/h3-9,15,20H,2,10H2,1H3,(H,19,21). The van der Waals surface area contributed by atoms with Crippen molar-refractivity contribution in [3.8, 4) is 0 Å². The number of rotatable bonds is 5. The minimum absolute atomic E-state index is 0.0654. The number of aliphatic hydroxyl groups is 1. The molecule has 5 heteroatoms. The first kappa shape index (κ1) is 15.1. The Morgan fingerprint density at radius 2 is 2.05 bits per heavy atom. The van der Waals surface area contributed by atoms with Crippen LogP contribution in [0, 0.1) is 5.82 Å². The normalized spacial score (nSPS) is 12.0. The predicted molar refractivity (Wildman–Crippen MR) is 77.3 cm³/mol. The Hall–Kier alpha value is -2.27. The molecule has 1 unspecified atom stereocenters. The van der Waals surface area contributed by atoms with Gasteiger partial charge >= 0.3 is 0 Å². The number of aliphatic hydroxyl groups excluding tert-OH is 1. The predicted octanol–water partition coefficient (Wildman–Crippen LogP) is 2.25. The zero-order chi connectivity index (χ0) is 15.2. The highest BCUT2D eigenvalue weighted by Gasteiger charge is 2.13. The Kier molecular flexibility index (Phi) is 5.00. The molecule has 0 saturated heterocycles. The van der Waals surface area contributed by atoms with E-state index in [1.807, 2.05) is 6.92 Å². The number of hydrogen-bond acceptors (Lipinski definition) is 3. The van der Waals surface area contributed by atoms with Crippen LogP contribution >= 0.6 is 0 Å². The van der Waals surface area contributed by atoms with Crippen molar-refractivity contribution in [2.45, 2.75) is 19.4 Å². The molecule has 1 aromatic carbocycles. The molecular formula is C16H17FN2O2. The molecule has 0 aliphatic carbocycles. The largest absolute Gasteiger partial charge is 0.387 e. The minimum atomic E-state index is -0.874. The zero-order valence-corrected chi connectivity index (χ0v) is 11.7. The van der Waals surface area contributed by atoms with Crippen LogP contribution in [0.2, 0.25) is 0 Å². The third-order valence-corrected chi connectivity index (χ3v) is 3.24. The summed E-state index contributed by atoms with van der Waals surface area (Å²) in [6.45, 7) is 2.01. The Labute approximate surface area is 122 Å². The lowest BCUT2D eigenvalue weighted by Crippen LogP contribution is -2.29. The number of halogens is 1. The van der Waals surface area contributed by atoms with E-state index in [1.54, 1.807) is 18.5 Å². The number of nitrogens with one attached hydrogen (secondary N) is 1. The van der Waals surface area contributed by atoms with E-state index in [0.29, 0.717) is 17.5 Å². The fourth-order valence-corrected chi connectivity index (χ4v) is 2.02. The topological polar surface area (TPSA) is 62.2 Å². The van der Waals surface area contributed by atoms with Crippen molar-refractivity contribution in [3.63, 3.8) is 0 Å². The van der Waals surface area contributed by atoms with E-state index in [4.69, 9.17) is 0 Å². The number of amides is 1. The quantitative estimate of drug-likeness (QED) is 0.887. The van der Waals surface area contributed by atoms with Crippen molar-refractivity contribution in [2.24, 2.45) is 0 Å². The van der Waals surface area contributed by atoms with Gasteiger partial charge in [0.25, 0.3) is 5.91 Å². The van der Waals surface area contributed by atoms with E-state index in [1.165, 1.54) is 24.3 Å². The van der Waals surface area contributed by atoms with Gasteiger partial charge in [0.05, 0.1) is 6.10 Å². The fourth-order valence-electron chi connectivity index (χ4n) is 2.02. The van der Waals surface area contributed by atoms with Crippen LogP contribution in [-0.4, -0.2) is 22.5 Å². The molecule has 2 aromatic rings. The molecule has 4 nitrogen and oxygen atoms in total. The molecule has 0 spiro atoms. The first-order chi connectivity index (χ1) is 10.1. The average molecular weight is 288 g/mol. The SMILES string of the molecule is CCc1cnccc1C(=O)NCC(O)c1ccc(F)cc1. The molecule has 0 saturated carbocycles. The Bertz CT molecular complexity index is 614. The van der Waals surface area contributed by atoms with Crippen LogP contribution in [0.5, 0.6) is 0 Å². The molecule has 0 bridgehead atoms. The van der Waals surface area contributed by atoms with Crippen molar-refractivity contribution in [1.29, 1.82) is 0 Å². The van der Waals surface area contributed by atoms with Gasteiger partial charge in [0.2, 0.25) is 0 Å². The van der Waals surface area contributed by atoms with Crippen LogP contribution in [0.4, 0.5) is 4.39 Å². The summed E-state index contributed by atoms with van der Waals surface area (Å²) in [5, 5.41) is 12.7. The maximum atomic E-state index is 12.8. The summed E-state index contributed by atoms with van der Waals surface area (Å²) in [6, 6.07) is 7.20. The number of nitrogens with zero attached hydrogens (tertiary/aromatic N) is 1. The molecule has 0 fully saturated rings. The van der Waals surface area contributed by atoms with Crippen molar-refractivity contribution in [3.05, 3.63) is 65.2 Å². The summed E-state index contributed by atoms with van der Waals surface area (Å²) in [5.41, 5.74) is 1.97. The van der Waals surface area contributed by atoms with E-state index in [9.17, 15) is 14.3 Å². The van der Waals surface area contributed by atoms with Crippen LogP contribution in [0.25, 0.3) is 0 Å². The van der Waals surface area contributed by atoms with Gasteiger partial charge in [-0.05, 0) is 35.7 Å². The number of benzene rings is 1. The summed E-state index contributed by atoms with van der Waals surface area (Å²) in [6.07, 6.45) is 3.05. The van der Waals surface area contributed by atoms with E-state index in [2.05, 4.69) is 10.3 Å². The molecule has 2 rings (SSSR count). The second-order valence-electron chi connectivity index (χ2n) is 4.66. The molecule has 1 heterocycles. The summed E-state index contributed by atoms with van der Waals surface area (Å²) in [5.74, 6) is -0.616. The molecule has 110 valence electrons. The number of aryl methyl sites for hydroxylation is 1. The van der Waals surface area contributed by atoms with Gasteiger partial charge in [-0.3, -0.25) is 9.78 Å². The third kappa shape index (κ3) is 3.86. The Morgan fingerprint density at radius 1 is 1.33 bits per heavy atom. The van der Waals surface area contributed by atoms with E-state index in [-0.39, 0.29) is 18.3 Å². The monoisotopic (exact) mass is 288 g/mol. The van der Waals surface area contributed by atoms with Crippen molar-refractivity contribution < 1.29 is 14.3 Å². The smallest absolute Gasteiger partial charge is 0.251 e. The lowest BCUT2D eigenvalue weighted by molar-refractivity contribution is 0.0915. The van der Waals surface area contributed by atoms with Crippen LogP contribution in [0.1, 0.15) is 34.5 Å². The second kappa shape index (κ2) is 6.95. The summed E-state index contributed by atoms with van der Waals surface area (Å²) in [4.78, 5) is 16.1. The zero-order valence-electron chi connectivity index (χ0n) is 11.7. The molecule has 1 aromatic heterocycles. The van der Waals surface area contributed by atoms with Gasteiger partial charge in [-0.1, -0.05) is 19.1 Å². The van der Waals surface area contributed by atoms with E-state index in [0.717, 1.165) is 5.56 Å². The maximum absolute atomic E-state index is 12.8. The second-order valence-corrected chi connectivity index (χ2v) is 4.66. The van der Waals surface area contributed by atoms with Crippen LogP contribution in [-0.2, 0) is 6.42 Å². The summed E-state index contributed by atoms with van der Waals surface area (Å²) in [7, 11) is 0. The van der Waals surface area contributed by atoms with Gasteiger partial charge in [0.1, 0.15) is 5.82 Å². The van der Waals surface area contributed by atoms with E-state index >= 15 is 0 Å². The first-order valence-electron chi connectivity index (χ1n) is 6.76. The molecule has 21 heavy (non-hydrogen) atoms. The van der Waals surface area contributed by atoms with Crippen molar-refractivity contribution in [2.75, 3.05) is 6.54 Å². The maximum Gasteiger partial charge on any atom is 0.251 e. The fraction of sp³-hybridized carbons (Fsp3) is 0.250. The van der Waals surface area contributed by atoms with Gasteiger partial charge in [-0.15, -0.1) is 0 Å². The molecule has 0 radical (unpaired) electrons. The summed E-state index contributed by atoms with van der Waals surface area (Å²) < 4.78 is 12.8. The van der Waals surface area contributed by atoms with Gasteiger partial charge < -0.3 is 10.4 Å². The minimum Gasteiger partial charge on any atom is -0.387 e. The number of aromatic nitrogens is 1. The molecule has 0 aliphatic rings. The average Bonchev–Trinajstić information content (AvgIpc) is 2.52. The third-order valence-electron chi connectivity index (χ3n) is 3.24. The van der Waals surface area contributed by atoms with Gasteiger partial charge in [0.15, 0.2) is 0 Å². The van der Waals surface area contributed by atoms with Gasteiger partial charge in [0, 0.05) is 24.5 Å². The molecule has 1 amide bonds. The van der Waals surface area contributed by atoms with Crippen molar-refractivity contribution in [1.82, 2.24) is 10.3 Å². The Morgan fingerprint density at radius 3 is 2.71 bits per heavy atom. The molecule has 1 atom stereocenters. The van der Waals surface area contributed by atoms with Crippen LogP contribution < -0.4 is 5.32 Å². The number of pyridine rings is 1. The van der Waals surface area contributed by atoms with E-state index < -0.39 is 6.10 Å². The highest BCUT2D eigenvalue weighted by atomic mass is 19.1. The highest BCUT2D eigenvalue weighted by Crippen LogP contribution is 2.13. The number of carbonyl (C=O) groups is 1. The van der Waals surface area contributed by atoms with Gasteiger partial charge in [-0.2, -0.15) is 0 Å². The molecule has 2 N–H and O–H groups in total. The first-order valence-corrected chi connectivity index (χ1v) is 6.76.